The average Bonchev–Trinajstić information content (AvgIpc) is 2.29. The number of hydrogen-bond acceptors (Lipinski definition) is 2. The van der Waals surface area contributed by atoms with Crippen molar-refractivity contribution >= 4 is 5.91 Å². The molecule has 0 spiro atoms. The molecule has 0 saturated heterocycles. The van der Waals surface area contributed by atoms with Gasteiger partial charge in [-0.05, 0) is 31.7 Å². The quantitative estimate of drug-likeness (QED) is 0.747. The second-order valence-electron chi connectivity index (χ2n) is 5.65. The molecule has 1 amide bonds. The Balaban J connectivity index is 2.55. The lowest BCUT2D eigenvalue weighted by atomic mass is 9.71. The number of amides is 1. The summed E-state index contributed by atoms with van der Waals surface area (Å²) in [4.78, 5) is 13.9. The first-order chi connectivity index (χ1) is 7.99. The molecule has 1 aliphatic carbocycles. The molecule has 1 saturated carbocycles. The molecule has 3 nitrogen and oxygen atoms in total. The van der Waals surface area contributed by atoms with Gasteiger partial charge in [-0.2, -0.15) is 0 Å². The lowest BCUT2D eigenvalue weighted by Crippen LogP contribution is -2.39. The molecule has 0 aromatic carbocycles. The maximum atomic E-state index is 12.1. The average molecular weight is 238 g/mol. The van der Waals surface area contributed by atoms with Crippen LogP contribution < -0.4 is 5.73 Å². The van der Waals surface area contributed by atoms with Crippen LogP contribution in [0.3, 0.4) is 0 Å². The fourth-order valence-corrected chi connectivity index (χ4v) is 2.70. The fraction of sp³-hybridized carbons (Fsp3) is 0.786. The van der Waals surface area contributed by atoms with Crippen molar-refractivity contribution in [1.29, 1.82) is 0 Å². The molecule has 1 aliphatic rings. The zero-order valence-corrected chi connectivity index (χ0v) is 11.3. The van der Waals surface area contributed by atoms with Crippen LogP contribution in [-0.4, -0.2) is 30.9 Å². The Kier molecular flexibility index (Phi) is 5.19. The summed E-state index contributed by atoms with van der Waals surface area (Å²) >= 11 is 0. The van der Waals surface area contributed by atoms with Gasteiger partial charge in [0.15, 0.2) is 0 Å². The van der Waals surface area contributed by atoms with Gasteiger partial charge in [0, 0.05) is 20.0 Å². The summed E-state index contributed by atoms with van der Waals surface area (Å²) < 4.78 is 0. The molecule has 0 atom stereocenters. The highest BCUT2D eigenvalue weighted by Gasteiger charge is 2.33. The predicted molar refractivity (Wildman–Crippen MR) is 71.6 cm³/mol. The standard InChI is InChI=1S/C14H26N2O/c1-12(2)10-16(3)13(17)9-14(11-15)7-5-4-6-8-14/h1,4-11,15H2,2-3H3. The van der Waals surface area contributed by atoms with Gasteiger partial charge in [0.2, 0.25) is 5.91 Å². The number of nitrogens with zero attached hydrogens (tertiary/aromatic N) is 1. The smallest absolute Gasteiger partial charge is 0.223 e. The van der Waals surface area contributed by atoms with E-state index in [1.807, 2.05) is 14.0 Å². The first kappa shape index (κ1) is 14.2. The summed E-state index contributed by atoms with van der Waals surface area (Å²) in [6, 6.07) is 0. The minimum absolute atomic E-state index is 0.0681. The van der Waals surface area contributed by atoms with Crippen LogP contribution in [0.25, 0.3) is 0 Å². The highest BCUT2D eigenvalue weighted by Crippen LogP contribution is 2.38. The molecular weight excluding hydrogens is 212 g/mol. The minimum atomic E-state index is 0.0681. The van der Waals surface area contributed by atoms with Crippen LogP contribution in [0.4, 0.5) is 0 Å². The van der Waals surface area contributed by atoms with Gasteiger partial charge in [0.05, 0.1) is 0 Å². The van der Waals surface area contributed by atoms with Gasteiger partial charge in [-0.15, -0.1) is 0 Å². The largest absolute Gasteiger partial charge is 0.342 e. The number of rotatable bonds is 5. The van der Waals surface area contributed by atoms with Crippen molar-refractivity contribution in [2.45, 2.75) is 45.4 Å². The van der Waals surface area contributed by atoms with Crippen LogP contribution in [0, 0.1) is 5.41 Å². The molecule has 0 unspecified atom stereocenters. The number of likely N-dealkylation sites (N-methyl/N-ethyl adjacent to an activating group) is 1. The third-order valence-electron chi connectivity index (χ3n) is 3.81. The van der Waals surface area contributed by atoms with E-state index in [2.05, 4.69) is 6.58 Å². The third-order valence-corrected chi connectivity index (χ3v) is 3.81. The number of carbonyl (C=O) groups is 1. The summed E-state index contributed by atoms with van der Waals surface area (Å²) in [6.45, 7) is 7.08. The molecule has 0 heterocycles. The van der Waals surface area contributed by atoms with E-state index in [1.165, 1.54) is 19.3 Å². The maximum Gasteiger partial charge on any atom is 0.223 e. The van der Waals surface area contributed by atoms with Gasteiger partial charge in [-0.25, -0.2) is 0 Å². The van der Waals surface area contributed by atoms with Crippen LogP contribution in [0.15, 0.2) is 12.2 Å². The van der Waals surface area contributed by atoms with E-state index in [1.54, 1.807) is 4.90 Å². The Morgan fingerprint density at radius 3 is 2.41 bits per heavy atom. The Morgan fingerprint density at radius 2 is 1.94 bits per heavy atom. The Morgan fingerprint density at radius 1 is 1.35 bits per heavy atom. The van der Waals surface area contributed by atoms with Crippen LogP contribution in [-0.2, 0) is 4.79 Å². The second kappa shape index (κ2) is 6.20. The molecule has 0 bridgehead atoms. The minimum Gasteiger partial charge on any atom is -0.342 e. The number of carbonyl (C=O) groups excluding carboxylic acids is 1. The van der Waals surface area contributed by atoms with Crippen molar-refractivity contribution in [3.05, 3.63) is 12.2 Å². The first-order valence-electron chi connectivity index (χ1n) is 6.57. The molecular formula is C14H26N2O. The Hall–Kier alpha value is -0.830. The van der Waals surface area contributed by atoms with E-state index in [-0.39, 0.29) is 11.3 Å². The number of nitrogens with two attached hydrogens (primary N) is 1. The molecule has 0 radical (unpaired) electrons. The zero-order chi connectivity index (χ0) is 12.9. The van der Waals surface area contributed by atoms with Crippen LogP contribution >= 0.6 is 0 Å². The van der Waals surface area contributed by atoms with E-state index >= 15 is 0 Å². The normalized spacial score (nSPS) is 18.8. The van der Waals surface area contributed by atoms with Crippen molar-refractivity contribution in [2.75, 3.05) is 20.1 Å². The monoisotopic (exact) mass is 238 g/mol. The van der Waals surface area contributed by atoms with Crippen LogP contribution in [0.2, 0.25) is 0 Å². The summed E-state index contributed by atoms with van der Waals surface area (Å²) in [5, 5.41) is 0. The van der Waals surface area contributed by atoms with Gasteiger partial charge in [-0.3, -0.25) is 4.79 Å². The van der Waals surface area contributed by atoms with Gasteiger partial charge < -0.3 is 10.6 Å². The molecule has 98 valence electrons. The molecule has 3 heteroatoms. The van der Waals surface area contributed by atoms with Crippen molar-refractivity contribution < 1.29 is 4.79 Å². The van der Waals surface area contributed by atoms with Gasteiger partial charge in [0.1, 0.15) is 0 Å². The predicted octanol–water partition coefficient (Wildman–Crippen LogP) is 2.32. The highest BCUT2D eigenvalue weighted by atomic mass is 16.2. The van der Waals surface area contributed by atoms with E-state index < -0.39 is 0 Å². The van der Waals surface area contributed by atoms with Crippen LogP contribution in [0.5, 0.6) is 0 Å². The van der Waals surface area contributed by atoms with Crippen molar-refractivity contribution in [3.8, 4) is 0 Å². The maximum absolute atomic E-state index is 12.1. The van der Waals surface area contributed by atoms with E-state index in [9.17, 15) is 4.79 Å². The summed E-state index contributed by atoms with van der Waals surface area (Å²) in [5.41, 5.74) is 6.99. The lowest BCUT2D eigenvalue weighted by molar-refractivity contribution is -0.132. The second-order valence-corrected chi connectivity index (χ2v) is 5.65. The van der Waals surface area contributed by atoms with Gasteiger partial charge >= 0.3 is 0 Å². The molecule has 0 aromatic heterocycles. The Bertz CT molecular complexity index is 280. The summed E-state index contributed by atoms with van der Waals surface area (Å²) in [7, 11) is 1.85. The molecule has 17 heavy (non-hydrogen) atoms. The topological polar surface area (TPSA) is 46.3 Å². The molecule has 2 N–H and O–H groups in total. The first-order valence-corrected chi connectivity index (χ1v) is 6.57. The molecule has 0 aromatic rings. The van der Waals surface area contributed by atoms with Crippen molar-refractivity contribution in [3.63, 3.8) is 0 Å². The zero-order valence-electron chi connectivity index (χ0n) is 11.3. The SMILES string of the molecule is C=C(C)CN(C)C(=O)CC1(CN)CCCCC1. The third kappa shape index (κ3) is 4.15. The van der Waals surface area contributed by atoms with Crippen LogP contribution in [0.1, 0.15) is 45.4 Å². The van der Waals surface area contributed by atoms with Crippen molar-refractivity contribution in [2.24, 2.45) is 11.1 Å². The summed E-state index contributed by atoms with van der Waals surface area (Å²) in [6.07, 6.45) is 6.54. The Labute approximate surface area is 105 Å². The lowest BCUT2D eigenvalue weighted by Gasteiger charge is -2.36. The van der Waals surface area contributed by atoms with Crippen molar-refractivity contribution in [1.82, 2.24) is 4.90 Å². The van der Waals surface area contributed by atoms with Gasteiger partial charge in [0.25, 0.3) is 0 Å². The van der Waals surface area contributed by atoms with E-state index in [4.69, 9.17) is 5.73 Å². The van der Waals surface area contributed by atoms with E-state index in [0.29, 0.717) is 19.5 Å². The summed E-state index contributed by atoms with van der Waals surface area (Å²) in [5.74, 6) is 0.209. The highest BCUT2D eigenvalue weighted by molar-refractivity contribution is 5.77. The fourth-order valence-electron chi connectivity index (χ4n) is 2.70. The molecule has 0 aliphatic heterocycles. The molecule has 1 rings (SSSR count). The van der Waals surface area contributed by atoms with Gasteiger partial charge in [-0.1, -0.05) is 31.4 Å². The van der Waals surface area contributed by atoms with E-state index in [0.717, 1.165) is 18.4 Å². The molecule has 1 fully saturated rings. The number of hydrogen-bond donors (Lipinski definition) is 1.